The van der Waals surface area contributed by atoms with Gasteiger partial charge in [-0.2, -0.15) is 0 Å². The summed E-state index contributed by atoms with van der Waals surface area (Å²) < 4.78 is 13.6. The van der Waals surface area contributed by atoms with Crippen LogP contribution in [-0.4, -0.2) is 22.8 Å². The third-order valence-corrected chi connectivity index (χ3v) is 4.52. The molecule has 0 radical (unpaired) electrons. The number of hydrogen-bond acceptors (Lipinski definition) is 4. The number of benzene rings is 2. The molecule has 0 saturated heterocycles. The van der Waals surface area contributed by atoms with E-state index >= 15 is 0 Å². The first-order chi connectivity index (χ1) is 11.2. The smallest absolute Gasteiger partial charge is 0.261 e. The zero-order chi connectivity index (χ0) is 15.8. The summed E-state index contributed by atoms with van der Waals surface area (Å²) in [5.74, 6) is 1.42. The average molecular weight is 373 g/mol. The second-order valence-electron chi connectivity index (χ2n) is 5.28. The molecule has 3 aromatic rings. The molecule has 0 aliphatic carbocycles. The van der Waals surface area contributed by atoms with Crippen molar-refractivity contribution < 1.29 is 9.47 Å². The molecule has 116 valence electrons. The Labute approximate surface area is 140 Å². The number of hydrogen-bond donors (Lipinski definition) is 0. The lowest BCUT2D eigenvalue weighted by Crippen LogP contribution is -2.21. The van der Waals surface area contributed by atoms with E-state index in [1.807, 2.05) is 30.3 Å². The van der Waals surface area contributed by atoms with Gasteiger partial charge in [0, 0.05) is 4.47 Å². The Morgan fingerprint density at radius 3 is 2.70 bits per heavy atom. The molecule has 0 N–H and O–H groups in total. The van der Waals surface area contributed by atoms with Crippen molar-refractivity contribution in [3.8, 4) is 11.5 Å². The first-order valence-electron chi connectivity index (χ1n) is 7.24. The van der Waals surface area contributed by atoms with E-state index < -0.39 is 0 Å². The van der Waals surface area contributed by atoms with Crippen LogP contribution in [0, 0.1) is 0 Å². The Morgan fingerprint density at radius 1 is 1.13 bits per heavy atom. The highest BCUT2D eigenvalue weighted by molar-refractivity contribution is 9.10. The van der Waals surface area contributed by atoms with E-state index in [0.29, 0.717) is 36.4 Å². The van der Waals surface area contributed by atoms with Crippen molar-refractivity contribution in [1.29, 1.82) is 0 Å². The van der Waals surface area contributed by atoms with E-state index in [1.54, 1.807) is 17.0 Å². The fourth-order valence-corrected chi connectivity index (χ4v) is 3.08. The molecular weight excluding hydrogens is 360 g/mol. The molecule has 0 bridgehead atoms. The third kappa shape index (κ3) is 2.59. The van der Waals surface area contributed by atoms with Crippen LogP contribution in [0.2, 0.25) is 0 Å². The minimum atomic E-state index is -0.0580. The van der Waals surface area contributed by atoms with E-state index in [4.69, 9.17) is 9.47 Å². The highest BCUT2D eigenvalue weighted by Gasteiger charge is 2.15. The molecule has 2 aromatic carbocycles. The summed E-state index contributed by atoms with van der Waals surface area (Å²) in [5, 5.41) is 0.615. The van der Waals surface area contributed by atoms with Crippen LogP contribution >= 0.6 is 15.9 Å². The number of fused-ring (bicyclic) bond motifs is 2. The van der Waals surface area contributed by atoms with E-state index in [1.165, 1.54) is 0 Å². The Bertz CT molecular complexity index is 952. The van der Waals surface area contributed by atoms with Crippen LogP contribution in [0.3, 0.4) is 0 Å². The minimum absolute atomic E-state index is 0.0580. The molecule has 1 aromatic heterocycles. The monoisotopic (exact) mass is 372 g/mol. The summed E-state index contributed by atoms with van der Waals surface area (Å²) in [4.78, 5) is 16.9. The molecule has 0 saturated carbocycles. The van der Waals surface area contributed by atoms with Crippen LogP contribution in [0.25, 0.3) is 10.9 Å². The van der Waals surface area contributed by atoms with Crippen LogP contribution in [0.4, 0.5) is 0 Å². The van der Waals surface area contributed by atoms with Crippen LogP contribution in [0.5, 0.6) is 11.5 Å². The van der Waals surface area contributed by atoms with Crippen molar-refractivity contribution >= 4 is 26.8 Å². The van der Waals surface area contributed by atoms with Crippen molar-refractivity contribution in [2.75, 3.05) is 13.2 Å². The topological polar surface area (TPSA) is 53.4 Å². The fourth-order valence-electron chi connectivity index (χ4n) is 2.63. The van der Waals surface area contributed by atoms with Crippen molar-refractivity contribution in [2.45, 2.75) is 6.54 Å². The van der Waals surface area contributed by atoms with E-state index in [2.05, 4.69) is 20.9 Å². The highest BCUT2D eigenvalue weighted by Crippen LogP contribution is 2.35. The largest absolute Gasteiger partial charge is 0.486 e. The molecule has 4 rings (SSSR count). The predicted octanol–water partition coefficient (Wildman–Crippen LogP) is 2.98. The van der Waals surface area contributed by atoms with E-state index in [0.717, 1.165) is 15.8 Å². The third-order valence-electron chi connectivity index (χ3n) is 3.78. The lowest BCUT2D eigenvalue weighted by atomic mass is 10.2. The van der Waals surface area contributed by atoms with Crippen LogP contribution < -0.4 is 15.0 Å². The van der Waals surface area contributed by atoms with Gasteiger partial charge in [-0.05, 0) is 29.8 Å². The van der Waals surface area contributed by atoms with Gasteiger partial charge in [0.05, 0.1) is 23.8 Å². The summed E-state index contributed by atoms with van der Waals surface area (Å²) in [6.07, 6.45) is 1.58. The zero-order valence-electron chi connectivity index (χ0n) is 12.2. The maximum absolute atomic E-state index is 12.6. The minimum Gasteiger partial charge on any atom is -0.486 e. The highest BCUT2D eigenvalue weighted by atomic mass is 79.9. The van der Waals surface area contributed by atoms with Crippen molar-refractivity contribution in [3.63, 3.8) is 0 Å². The number of aromatic nitrogens is 2. The molecule has 6 heteroatoms. The van der Waals surface area contributed by atoms with Gasteiger partial charge in [-0.15, -0.1) is 0 Å². The molecule has 1 aliphatic rings. The lowest BCUT2D eigenvalue weighted by Gasteiger charge is -2.20. The van der Waals surface area contributed by atoms with Crippen molar-refractivity contribution in [3.05, 3.63) is 63.1 Å². The Kier molecular flexibility index (Phi) is 3.53. The van der Waals surface area contributed by atoms with Gasteiger partial charge in [-0.1, -0.05) is 28.1 Å². The maximum Gasteiger partial charge on any atom is 0.261 e. The zero-order valence-corrected chi connectivity index (χ0v) is 13.7. The number of ether oxygens (including phenoxy) is 2. The molecule has 0 unspecified atom stereocenters. The van der Waals surface area contributed by atoms with Crippen molar-refractivity contribution in [2.24, 2.45) is 0 Å². The second-order valence-corrected chi connectivity index (χ2v) is 6.14. The summed E-state index contributed by atoms with van der Waals surface area (Å²) >= 11 is 3.54. The molecule has 2 heterocycles. The number of para-hydroxylation sites is 1. The standard InChI is InChI=1S/C17H13BrN2O3/c18-13-8-16-15(22-5-6-23-16)7-11(13)9-20-10-19-14-4-2-1-3-12(14)17(20)21/h1-4,7-8,10H,5-6,9H2. The van der Waals surface area contributed by atoms with Gasteiger partial charge in [-0.3, -0.25) is 9.36 Å². The Hall–Kier alpha value is -2.34. The molecule has 1 aliphatic heterocycles. The first-order valence-corrected chi connectivity index (χ1v) is 8.04. The molecule has 0 fully saturated rings. The average Bonchev–Trinajstić information content (AvgIpc) is 2.58. The predicted molar refractivity (Wildman–Crippen MR) is 90.2 cm³/mol. The van der Waals surface area contributed by atoms with Crippen LogP contribution in [0.15, 0.2) is 52.0 Å². The van der Waals surface area contributed by atoms with Gasteiger partial charge in [-0.25, -0.2) is 4.98 Å². The van der Waals surface area contributed by atoms with E-state index in [-0.39, 0.29) is 5.56 Å². The van der Waals surface area contributed by atoms with Gasteiger partial charge in [0.15, 0.2) is 11.5 Å². The molecular formula is C17H13BrN2O3. The van der Waals surface area contributed by atoms with Gasteiger partial charge < -0.3 is 9.47 Å². The summed E-state index contributed by atoms with van der Waals surface area (Å²) in [6, 6.07) is 11.1. The molecule has 5 nitrogen and oxygen atoms in total. The van der Waals surface area contributed by atoms with Crippen molar-refractivity contribution in [1.82, 2.24) is 9.55 Å². The number of nitrogens with zero attached hydrogens (tertiary/aromatic N) is 2. The number of halogens is 1. The summed E-state index contributed by atoms with van der Waals surface area (Å²) in [6.45, 7) is 1.49. The van der Waals surface area contributed by atoms with Gasteiger partial charge >= 0.3 is 0 Å². The fraction of sp³-hybridized carbons (Fsp3) is 0.176. The van der Waals surface area contributed by atoms with Gasteiger partial charge in [0.1, 0.15) is 13.2 Å². The molecule has 23 heavy (non-hydrogen) atoms. The Morgan fingerprint density at radius 2 is 1.87 bits per heavy atom. The second kappa shape index (κ2) is 5.70. The quantitative estimate of drug-likeness (QED) is 0.693. The van der Waals surface area contributed by atoms with Crippen LogP contribution in [0.1, 0.15) is 5.56 Å². The van der Waals surface area contributed by atoms with Gasteiger partial charge in [0.25, 0.3) is 5.56 Å². The van der Waals surface area contributed by atoms with Crippen LogP contribution in [-0.2, 0) is 6.54 Å². The molecule has 0 spiro atoms. The maximum atomic E-state index is 12.6. The first kappa shape index (κ1) is 14.3. The normalized spacial score (nSPS) is 13.3. The van der Waals surface area contributed by atoms with E-state index in [9.17, 15) is 4.79 Å². The number of rotatable bonds is 2. The molecule has 0 atom stereocenters. The van der Waals surface area contributed by atoms with Gasteiger partial charge in [0.2, 0.25) is 0 Å². The summed E-state index contributed by atoms with van der Waals surface area (Å²) in [5.41, 5.74) is 1.58. The Balaban J connectivity index is 1.76. The molecule has 0 amide bonds. The summed E-state index contributed by atoms with van der Waals surface area (Å²) in [7, 11) is 0. The lowest BCUT2D eigenvalue weighted by molar-refractivity contribution is 0.171. The SMILES string of the molecule is O=c1c2ccccc2ncn1Cc1cc2c(cc1Br)OCCO2.